The maximum atomic E-state index is 12.5. The molecule has 3 aromatic rings. The number of hydrogen-bond acceptors (Lipinski definition) is 6. The minimum atomic E-state index is -0.826. The number of carbonyl (C=O) groups excluding carboxylic acids is 3. The van der Waals surface area contributed by atoms with Gasteiger partial charge in [0.25, 0.3) is 5.91 Å². The van der Waals surface area contributed by atoms with Gasteiger partial charge in [0.05, 0.1) is 5.56 Å². The molecule has 1 aliphatic heterocycles. The molecule has 1 atom stereocenters. The zero-order valence-corrected chi connectivity index (χ0v) is 20.8. The smallest absolute Gasteiger partial charge is 0.308 e. The van der Waals surface area contributed by atoms with Crippen LogP contribution in [0.4, 0.5) is 5.69 Å². The van der Waals surface area contributed by atoms with Gasteiger partial charge in [-0.3, -0.25) is 14.4 Å². The first-order valence-corrected chi connectivity index (χ1v) is 11.5. The summed E-state index contributed by atoms with van der Waals surface area (Å²) in [4.78, 5) is 36.4. The second-order valence-corrected chi connectivity index (χ2v) is 8.83. The second kappa shape index (κ2) is 10.1. The number of esters is 1. The largest absolute Gasteiger partial charge is 0.446 e. The summed E-state index contributed by atoms with van der Waals surface area (Å²) in [5, 5.41) is 8.42. The molecule has 4 rings (SSSR count). The van der Waals surface area contributed by atoms with Gasteiger partial charge < -0.3 is 14.8 Å². The molecule has 0 fully saturated rings. The summed E-state index contributed by atoms with van der Waals surface area (Å²) in [5.74, 6) is -0.638. The van der Waals surface area contributed by atoms with E-state index in [0.29, 0.717) is 22.4 Å². The Morgan fingerprint density at radius 1 is 1.03 bits per heavy atom. The SMILES string of the molecule is CC(=O)Oc1ccc(Br)cc1C1=NN(C(C)=O)[C@H](c2ccc(NC(=O)c3cccc(C)c3)cc2)O1. The van der Waals surface area contributed by atoms with E-state index in [1.807, 2.05) is 25.1 Å². The van der Waals surface area contributed by atoms with Crippen molar-refractivity contribution in [3.63, 3.8) is 0 Å². The summed E-state index contributed by atoms with van der Waals surface area (Å²) in [7, 11) is 0. The average Bonchev–Trinajstić information content (AvgIpc) is 3.26. The van der Waals surface area contributed by atoms with E-state index in [4.69, 9.17) is 9.47 Å². The van der Waals surface area contributed by atoms with Crippen molar-refractivity contribution in [2.75, 3.05) is 5.32 Å². The maximum absolute atomic E-state index is 12.5. The van der Waals surface area contributed by atoms with E-state index in [1.54, 1.807) is 48.5 Å². The third kappa shape index (κ3) is 5.58. The molecule has 1 aliphatic rings. The van der Waals surface area contributed by atoms with E-state index in [-0.39, 0.29) is 23.5 Å². The number of ether oxygens (including phenoxy) is 2. The molecule has 2 amide bonds. The Kier molecular flexibility index (Phi) is 6.97. The van der Waals surface area contributed by atoms with Crippen molar-refractivity contribution in [2.45, 2.75) is 27.0 Å². The van der Waals surface area contributed by atoms with Crippen molar-refractivity contribution >= 4 is 45.3 Å². The van der Waals surface area contributed by atoms with Gasteiger partial charge >= 0.3 is 5.97 Å². The van der Waals surface area contributed by atoms with Crippen LogP contribution in [0.5, 0.6) is 5.75 Å². The molecule has 0 saturated carbocycles. The Balaban J connectivity index is 1.56. The zero-order chi connectivity index (χ0) is 25.1. The molecule has 0 radical (unpaired) electrons. The monoisotopic (exact) mass is 535 g/mol. The lowest BCUT2D eigenvalue weighted by molar-refractivity contribution is -0.135. The number of aryl methyl sites for hydroxylation is 1. The Hall–Kier alpha value is -3.98. The van der Waals surface area contributed by atoms with Crippen LogP contribution in [0, 0.1) is 6.92 Å². The lowest BCUT2D eigenvalue weighted by Gasteiger charge is -2.19. The first kappa shape index (κ1) is 24.2. The van der Waals surface area contributed by atoms with Crippen LogP contribution in [0.3, 0.4) is 0 Å². The molecule has 178 valence electrons. The molecule has 0 aromatic heterocycles. The Labute approximate surface area is 210 Å². The second-order valence-electron chi connectivity index (χ2n) is 7.92. The Bertz CT molecular complexity index is 1340. The van der Waals surface area contributed by atoms with Crippen LogP contribution in [0.25, 0.3) is 0 Å². The number of carbonyl (C=O) groups is 3. The molecule has 3 aromatic carbocycles. The first-order valence-electron chi connectivity index (χ1n) is 10.7. The average molecular weight is 536 g/mol. The number of anilines is 1. The quantitative estimate of drug-likeness (QED) is 0.358. The van der Waals surface area contributed by atoms with Crippen molar-refractivity contribution in [2.24, 2.45) is 5.10 Å². The van der Waals surface area contributed by atoms with Crippen LogP contribution >= 0.6 is 15.9 Å². The van der Waals surface area contributed by atoms with Crippen LogP contribution in [0.2, 0.25) is 0 Å². The molecule has 8 nitrogen and oxygen atoms in total. The van der Waals surface area contributed by atoms with Gasteiger partial charge in [-0.15, -0.1) is 5.10 Å². The van der Waals surface area contributed by atoms with Crippen LogP contribution in [-0.4, -0.2) is 28.7 Å². The molecular formula is C26H22BrN3O5. The van der Waals surface area contributed by atoms with Gasteiger partial charge in [0.15, 0.2) is 0 Å². The van der Waals surface area contributed by atoms with Gasteiger partial charge in [-0.2, -0.15) is 5.01 Å². The molecule has 0 saturated heterocycles. The molecule has 0 spiro atoms. The lowest BCUT2D eigenvalue weighted by atomic mass is 10.1. The number of benzene rings is 3. The van der Waals surface area contributed by atoms with E-state index >= 15 is 0 Å². The van der Waals surface area contributed by atoms with E-state index in [9.17, 15) is 14.4 Å². The lowest BCUT2D eigenvalue weighted by Crippen LogP contribution is -2.25. The fourth-order valence-electron chi connectivity index (χ4n) is 3.53. The number of amides is 2. The summed E-state index contributed by atoms with van der Waals surface area (Å²) >= 11 is 3.40. The number of nitrogens with zero attached hydrogens (tertiary/aromatic N) is 2. The molecular weight excluding hydrogens is 514 g/mol. The van der Waals surface area contributed by atoms with Gasteiger partial charge in [0.2, 0.25) is 18.0 Å². The molecule has 0 bridgehead atoms. The fourth-order valence-corrected chi connectivity index (χ4v) is 3.89. The molecule has 9 heteroatoms. The summed E-state index contributed by atoms with van der Waals surface area (Å²) in [5.41, 5.74) is 3.22. The highest BCUT2D eigenvalue weighted by Crippen LogP contribution is 2.34. The predicted octanol–water partition coefficient (Wildman–Crippen LogP) is 5.17. The number of halogens is 1. The summed E-state index contributed by atoms with van der Waals surface area (Å²) < 4.78 is 12.0. The van der Waals surface area contributed by atoms with E-state index in [1.165, 1.54) is 18.9 Å². The Morgan fingerprint density at radius 2 is 1.77 bits per heavy atom. The predicted molar refractivity (Wildman–Crippen MR) is 134 cm³/mol. The molecule has 0 aliphatic carbocycles. The van der Waals surface area contributed by atoms with E-state index in [0.717, 1.165) is 10.0 Å². The number of hydrogen-bond donors (Lipinski definition) is 1. The Morgan fingerprint density at radius 3 is 2.43 bits per heavy atom. The zero-order valence-electron chi connectivity index (χ0n) is 19.2. The van der Waals surface area contributed by atoms with Crippen LogP contribution in [0.1, 0.15) is 47.1 Å². The van der Waals surface area contributed by atoms with Crippen LogP contribution in [0.15, 0.2) is 76.3 Å². The van der Waals surface area contributed by atoms with Gasteiger partial charge in [0, 0.05) is 35.1 Å². The topological polar surface area (TPSA) is 97.3 Å². The number of rotatable bonds is 5. The van der Waals surface area contributed by atoms with Crippen molar-refractivity contribution in [3.8, 4) is 5.75 Å². The minimum Gasteiger partial charge on any atom is -0.446 e. The van der Waals surface area contributed by atoms with Gasteiger partial charge in [-0.25, -0.2) is 0 Å². The third-order valence-electron chi connectivity index (χ3n) is 5.13. The van der Waals surface area contributed by atoms with E-state index in [2.05, 4.69) is 26.3 Å². The standard InChI is InChI=1S/C26H22BrN3O5/c1-15-5-4-6-19(13-15)24(33)28-21-10-7-18(8-11-21)26-30(16(2)31)29-25(35-26)22-14-20(27)9-12-23(22)34-17(3)32/h4-14,26H,1-3H3,(H,28,33)/t26-/m0/s1. The molecule has 0 unspecified atom stereocenters. The molecule has 35 heavy (non-hydrogen) atoms. The highest BCUT2D eigenvalue weighted by atomic mass is 79.9. The number of hydrazone groups is 1. The van der Waals surface area contributed by atoms with Crippen molar-refractivity contribution in [1.82, 2.24) is 5.01 Å². The van der Waals surface area contributed by atoms with Crippen LogP contribution in [-0.2, 0) is 14.3 Å². The summed E-state index contributed by atoms with van der Waals surface area (Å²) in [6.07, 6.45) is -0.826. The minimum absolute atomic E-state index is 0.138. The number of nitrogens with one attached hydrogen (secondary N) is 1. The molecule has 1 N–H and O–H groups in total. The van der Waals surface area contributed by atoms with Gasteiger partial charge in [0.1, 0.15) is 5.75 Å². The van der Waals surface area contributed by atoms with Gasteiger partial charge in [-0.1, -0.05) is 45.8 Å². The maximum Gasteiger partial charge on any atom is 0.308 e. The van der Waals surface area contributed by atoms with Crippen molar-refractivity contribution < 1.29 is 23.9 Å². The molecule has 1 heterocycles. The summed E-state index contributed by atoms with van der Waals surface area (Å²) in [6, 6.07) is 19.3. The van der Waals surface area contributed by atoms with Crippen LogP contribution < -0.4 is 10.1 Å². The highest BCUT2D eigenvalue weighted by molar-refractivity contribution is 9.10. The summed E-state index contributed by atoms with van der Waals surface area (Å²) in [6.45, 7) is 4.61. The fraction of sp³-hybridized carbons (Fsp3) is 0.154. The van der Waals surface area contributed by atoms with Crippen molar-refractivity contribution in [3.05, 3.63) is 93.5 Å². The highest BCUT2D eigenvalue weighted by Gasteiger charge is 2.34. The van der Waals surface area contributed by atoms with Crippen molar-refractivity contribution in [1.29, 1.82) is 0 Å². The normalized spacial score (nSPS) is 14.7. The van der Waals surface area contributed by atoms with E-state index < -0.39 is 12.2 Å². The third-order valence-corrected chi connectivity index (χ3v) is 5.62. The van der Waals surface area contributed by atoms with Gasteiger partial charge in [-0.05, 0) is 49.4 Å². The first-order chi connectivity index (χ1) is 16.7.